The molecule has 3 N–H and O–H groups in total. The van der Waals surface area contributed by atoms with E-state index in [0.29, 0.717) is 0 Å². The van der Waals surface area contributed by atoms with Gasteiger partial charge in [0.25, 0.3) is 6.48 Å². The minimum atomic E-state index is -4.29. The van der Waals surface area contributed by atoms with Crippen molar-refractivity contribution in [2.24, 2.45) is 0 Å². The van der Waals surface area contributed by atoms with E-state index >= 15 is 0 Å². The van der Waals surface area contributed by atoms with Crippen LogP contribution in [0.1, 0.15) is 38.8 Å². The first-order valence-corrected chi connectivity index (χ1v) is 12.6. The summed E-state index contributed by atoms with van der Waals surface area (Å²) in [6, 6.07) is 7.08. The zero-order valence-electron chi connectivity index (χ0n) is 18.9. The molecule has 2 aliphatic rings. The maximum atomic E-state index is 13.8. The van der Waals surface area contributed by atoms with Crippen LogP contribution < -0.4 is 21.0 Å². The molecule has 0 amide bonds. The summed E-state index contributed by atoms with van der Waals surface area (Å²) >= 11 is 0. The van der Waals surface area contributed by atoms with E-state index < -0.39 is 49.8 Å². The number of para-hydroxylation sites is 1. The normalized spacial score (nSPS) is 23.0. The Hall–Kier alpha value is -2.83. The number of benzene rings is 1. The van der Waals surface area contributed by atoms with E-state index in [0.717, 1.165) is 36.4 Å². The molecule has 14 heteroatoms. The lowest BCUT2D eigenvalue weighted by Gasteiger charge is -2.25. The molecule has 35 heavy (non-hydrogen) atoms. The van der Waals surface area contributed by atoms with Crippen LogP contribution in [0.25, 0.3) is 0 Å². The van der Waals surface area contributed by atoms with Crippen molar-refractivity contribution in [1.29, 1.82) is 0 Å². The van der Waals surface area contributed by atoms with Crippen molar-refractivity contribution in [1.82, 2.24) is 14.6 Å². The molecule has 1 saturated heterocycles. The Balaban J connectivity index is 1.46. The Morgan fingerprint density at radius 3 is 2.74 bits per heavy atom. The van der Waals surface area contributed by atoms with Gasteiger partial charge in [-0.25, -0.2) is 18.3 Å². The van der Waals surface area contributed by atoms with Gasteiger partial charge >= 0.3 is 19.4 Å². The number of halogens is 1. The Kier molecular flexibility index (Phi) is 7.82. The highest BCUT2D eigenvalue weighted by molar-refractivity contribution is 7.52. The molecule has 4 rings (SSSR count). The zero-order valence-corrected chi connectivity index (χ0v) is 19.8. The molecule has 190 valence electrons. The predicted octanol–water partition coefficient (Wildman–Crippen LogP) is 2.46. The lowest BCUT2D eigenvalue weighted by molar-refractivity contribution is -0.197. The van der Waals surface area contributed by atoms with Gasteiger partial charge in [0.05, 0.1) is 12.8 Å². The molecule has 0 spiro atoms. The number of hydrogen-bond donors (Lipinski definition) is 2. The van der Waals surface area contributed by atoms with Crippen molar-refractivity contribution in [3.8, 4) is 5.75 Å². The molecule has 2 fully saturated rings. The van der Waals surface area contributed by atoms with Crippen molar-refractivity contribution in [3.05, 3.63) is 52.8 Å². The summed E-state index contributed by atoms with van der Waals surface area (Å²) in [6.07, 6.45) is 3.01. The number of carbonyl (C=O) groups excluding carboxylic acids is 1. The number of nitrogen functional groups attached to an aromatic ring is 1. The van der Waals surface area contributed by atoms with Crippen molar-refractivity contribution in [2.45, 2.75) is 57.5 Å². The van der Waals surface area contributed by atoms with Crippen LogP contribution in [0.2, 0.25) is 0 Å². The van der Waals surface area contributed by atoms with E-state index in [2.05, 4.69) is 10.1 Å². The van der Waals surface area contributed by atoms with Crippen LogP contribution in [0.3, 0.4) is 0 Å². The van der Waals surface area contributed by atoms with Gasteiger partial charge in [-0.3, -0.25) is 9.36 Å². The van der Waals surface area contributed by atoms with Gasteiger partial charge in [0.1, 0.15) is 17.9 Å². The fraction of sp³-hybridized carbons (Fsp3) is 0.476. The monoisotopic (exact) mass is 512 g/mol. The van der Waals surface area contributed by atoms with E-state index in [1.807, 2.05) is 0 Å². The van der Waals surface area contributed by atoms with E-state index in [4.69, 9.17) is 29.0 Å². The summed E-state index contributed by atoms with van der Waals surface area (Å²) in [5.74, 6) is -1.90. The summed E-state index contributed by atoms with van der Waals surface area (Å²) in [5, 5.41) is 2.54. The fourth-order valence-electron chi connectivity index (χ4n) is 3.61. The van der Waals surface area contributed by atoms with Gasteiger partial charge < -0.3 is 24.5 Å². The van der Waals surface area contributed by atoms with Crippen LogP contribution in [-0.4, -0.2) is 40.7 Å². The summed E-state index contributed by atoms with van der Waals surface area (Å²) in [6.45, 7) is -0.365. The minimum absolute atomic E-state index is 0.184. The summed E-state index contributed by atoms with van der Waals surface area (Å²) in [4.78, 5) is 28.0. The number of nitrogens with one attached hydrogen (secondary N) is 1. The van der Waals surface area contributed by atoms with Crippen LogP contribution >= 0.6 is 7.75 Å². The molecule has 2 aromatic rings. The summed E-state index contributed by atoms with van der Waals surface area (Å²) in [5.41, 5.74) is 4.43. The standard InChI is InChI=1S/C21H26FN4O8P/c1-13(19(27)31-14-7-5-6-8-14)25-35(29,33-15-9-3-2-4-10-15)34-21-30-12-17(32-21)26-11-16(22)18(23)24-20(26)28/h2-4,9-11,13-14,17,21H,5-8,12H2,1H3,(H,25,29)(H2,23,24,28)/t13-,17-,21-,35+/m0/s1. The first-order chi connectivity index (χ1) is 16.7. The van der Waals surface area contributed by atoms with Crippen LogP contribution in [0.4, 0.5) is 10.2 Å². The summed E-state index contributed by atoms with van der Waals surface area (Å²) < 4.78 is 55.5. The number of nitrogens with two attached hydrogens (primary N) is 1. The molecule has 2 heterocycles. The smallest absolute Gasteiger partial charge is 0.461 e. The van der Waals surface area contributed by atoms with Crippen LogP contribution in [0.15, 0.2) is 41.3 Å². The maximum absolute atomic E-state index is 13.8. The van der Waals surface area contributed by atoms with Gasteiger partial charge in [0, 0.05) is 0 Å². The number of hydrogen-bond acceptors (Lipinski definition) is 10. The molecule has 0 bridgehead atoms. The van der Waals surface area contributed by atoms with E-state index in [1.54, 1.807) is 30.3 Å². The molecule has 1 aromatic heterocycles. The second-order valence-electron chi connectivity index (χ2n) is 8.08. The number of esters is 1. The first kappa shape index (κ1) is 25.3. The average Bonchev–Trinajstić information content (AvgIpc) is 3.49. The number of ether oxygens (including phenoxy) is 3. The highest BCUT2D eigenvalue weighted by Gasteiger charge is 2.40. The molecule has 1 saturated carbocycles. The van der Waals surface area contributed by atoms with Gasteiger partial charge in [-0.05, 0) is 44.7 Å². The van der Waals surface area contributed by atoms with Crippen molar-refractivity contribution < 1.29 is 37.0 Å². The van der Waals surface area contributed by atoms with Gasteiger partial charge in [-0.15, -0.1) is 0 Å². The molecule has 1 aliphatic heterocycles. The molecular formula is C21H26FN4O8P. The molecule has 4 atom stereocenters. The van der Waals surface area contributed by atoms with Gasteiger partial charge in [0.2, 0.25) is 0 Å². The Morgan fingerprint density at radius 2 is 2.03 bits per heavy atom. The fourth-order valence-corrected chi connectivity index (χ4v) is 5.08. The number of rotatable bonds is 9. The maximum Gasteiger partial charge on any atom is 0.463 e. The molecular weight excluding hydrogens is 486 g/mol. The van der Waals surface area contributed by atoms with Crippen molar-refractivity contribution in [2.75, 3.05) is 12.3 Å². The molecule has 1 aliphatic carbocycles. The molecule has 0 unspecified atom stereocenters. The average molecular weight is 512 g/mol. The molecule has 0 radical (unpaired) electrons. The van der Waals surface area contributed by atoms with E-state index in [-0.39, 0.29) is 18.5 Å². The summed E-state index contributed by atoms with van der Waals surface area (Å²) in [7, 11) is -4.29. The third-order valence-electron chi connectivity index (χ3n) is 5.37. The van der Waals surface area contributed by atoms with Crippen LogP contribution in [0, 0.1) is 5.82 Å². The topological polar surface area (TPSA) is 153 Å². The highest BCUT2D eigenvalue weighted by Crippen LogP contribution is 2.47. The van der Waals surface area contributed by atoms with E-state index in [9.17, 15) is 18.5 Å². The van der Waals surface area contributed by atoms with Crippen LogP contribution in [-0.2, 0) is 28.1 Å². The Morgan fingerprint density at radius 1 is 1.31 bits per heavy atom. The zero-order chi connectivity index (χ0) is 25.0. The Bertz CT molecular complexity index is 1140. The minimum Gasteiger partial charge on any atom is -0.461 e. The largest absolute Gasteiger partial charge is 0.463 e. The van der Waals surface area contributed by atoms with Gasteiger partial charge in [-0.1, -0.05) is 18.2 Å². The lowest BCUT2D eigenvalue weighted by atomic mass is 10.3. The third-order valence-corrected chi connectivity index (χ3v) is 6.98. The molecule has 12 nitrogen and oxygen atoms in total. The predicted molar refractivity (Wildman–Crippen MR) is 119 cm³/mol. The number of aromatic nitrogens is 2. The van der Waals surface area contributed by atoms with Gasteiger partial charge in [-0.2, -0.15) is 10.1 Å². The SMILES string of the molecule is C[C@H](N[P@@](=O)(Oc1ccccc1)O[C@H]1OC[C@@H](n2cc(F)c(N)nc2=O)O1)C(=O)OC1CCCC1. The van der Waals surface area contributed by atoms with Crippen LogP contribution in [0.5, 0.6) is 5.75 Å². The third kappa shape index (κ3) is 6.44. The second-order valence-corrected chi connectivity index (χ2v) is 9.72. The van der Waals surface area contributed by atoms with Crippen molar-refractivity contribution >= 4 is 19.5 Å². The number of carbonyl (C=O) groups is 1. The highest BCUT2D eigenvalue weighted by atomic mass is 31.2. The quantitative estimate of drug-likeness (QED) is 0.376. The van der Waals surface area contributed by atoms with E-state index in [1.165, 1.54) is 6.92 Å². The van der Waals surface area contributed by atoms with Gasteiger partial charge in [0.15, 0.2) is 17.9 Å². The lowest BCUT2D eigenvalue weighted by Crippen LogP contribution is -2.37. The second kappa shape index (κ2) is 10.8. The number of anilines is 1. The molecule has 1 aromatic carbocycles. The Labute approximate surface area is 200 Å². The van der Waals surface area contributed by atoms with Crippen molar-refractivity contribution in [3.63, 3.8) is 0 Å². The first-order valence-electron chi connectivity index (χ1n) is 11.0. The number of nitrogens with zero attached hydrogens (tertiary/aromatic N) is 2.